The van der Waals surface area contributed by atoms with Crippen molar-refractivity contribution < 1.29 is 4.79 Å². The first kappa shape index (κ1) is 15.8. The largest absolute Gasteiger partial charge is 0.348 e. The Labute approximate surface area is 128 Å². The van der Waals surface area contributed by atoms with Crippen LogP contribution in [0.5, 0.6) is 0 Å². The van der Waals surface area contributed by atoms with E-state index in [-0.39, 0.29) is 5.91 Å². The lowest BCUT2D eigenvalue weighted by atomic mass is 9.94. The summed E-state index contributed by atoms with van der Waals surface area (Å²) in [6.07, 6.45) is 8.03. The predicted octanol–water partition coefficient (Wildman–Crippen LogP) is 3.25. The third kappa shape index (κ3) is 4.71. The van der Waals surface area contributed by atoms with Crippen LogP contribution in [0.2, 0.25) is 0 Å². The van der Waals surface area contributed by atoms with E-state index >= 15 is 0 Å². The molecule has 0 aliphatic heterocycles. The first-order valence-corrected chi connectivity index (χ1v) is 7.88. The van der Waals surface area contributed by atoms with Gasteiger partial charge < -0.3 is 5.32 Å². The van der Waals surface area contributed by atoms with Crippen molar-refractivity contribution in [3.63, 3.8) is 0 Å². The van der Waals surface area contributed by atoms with E-state index in [0.29, 0.717) is 12.6 Å². The Morgan fingerprint density at radius 1 is 1.29 bits per heavy atom. The molecular formula is C18H26N2O. The average molecular weight is 286 g/mol. The van der Waals surface area contributed by atoms with Crippen LogP contribution in [0, 0.1) is 0 Å². The van der Waals surface area contributed by atoms with Gasteiger partial charge in [-0.05, 0) is 37.1 Å². The molecule has 1 aromatic carbocycles. The molecule has 114 valence electrons. The monoisotopic (exact) mass is 286 g/mol. The zero-order chi connectivity index (χ0) is 15.1. The molecule has 1 fully saturated rings. The van der Waals surface area contributed by atoms with E-state index in [1.165, 1.54) is 49.3 Å². The summed E-state index contributed by atoms with van der Waals surface area (Å²) in [7, 11) is 2.22. The van der Waals surface area contributed by atoms with Gasteiger partial charge in [0.2, 0.25) is 5.91 Å². The maximum Gasteiger partial charge on any atom is 0.243 e. The molecule has 0 bridgehead atoms. The Bertz CT molecular complexity index is 478. The van der Waals surface area contributed by atoms with Gasteiger partial charge in [-0.15, -0.1) is 0 Å². The van der Waals surface area contributed by atoms with Crippen LogP contribution < -0.4 is 5.32 Å². The van der Waals surface area contributed by atoms with Crippen LogP contribution in [0.25, 0.3) is 0 Å². The first-order valence-electron chi connectivity index (χ1n) is 7.88. The summed E-state index contributed by atoms with van der Waals surface area (Å²) >= 11 is 0. The predicted molar refractivity (Wildman–Crippen MR) is 86.8 cm³/mol. The van der Waals surface area contributed by atoms with Gasteiger partial charge in [0, 0.05) is 19.1 Å². The number of benzene rings is 1. The van der Waals surface area contributed by atoms with E-state index in [1.807, 2.05) is 6.07 Å². The molecule has 3 heteroatoms. The molecule has 0 saturated heterocycles. The van der Waals surface area contributed by atoms with Gasteiger partial charge in [0.25, 0.3) is 0 Å². The lowest BCUT2D eigenvalue weighted by molar-refractivity contribution is -0.116. The van der Waals surface area contributed by atoms with Gasteiger partial charge in [0.05, 0.1) is 0 Å². The summed E-state index contributed by atoms with van der Waals surface area (Å²) in [5.74, 6) is -0.120. The molecule has 0 spiro atoms. The van der Waals surface area contributed by atoms with Gasteiger partial charge in [-0.25, -0.2) is 0 Å². The van der Waals surface area contributed by atoms with Gasteiger partial charge in [0.1, 0.15) is 0 Å². The SMILES string of the molecule is C=CC(=O)NCc1ccccc1CN(C)C1CCCCC1. The second-order valence-corrected chi connectivity index (χ2v) is 5.90. The number of nitrogens with zero attached hydrogens (tertiary/aromatic N) is 1. The molecule has 1 saturated carbocycles. The summed E-state index contributed by atoms with van der Waals surface area (Å²) < 4.78 is 0. The summed E-state index contributed by atoms with van der Waals surface area (Å²) in [6.45, 7) is 5.00. The number of hydrogen-bond acceptors (Lipinski definition) is 2. The Balaban J connectivity index is 1.98. The Kier molecular flexibility index (Phi) is 6.00. The van der Waals surface area contributed by atoms with Crippen molar-refractivity contribution in [2.75, 3.05) is 7.05 Å². The zero-order valence-electron chi connectivity index (χ0n) is 13.0. The summed E-state index contributed by atoms with van der Waals surface area (Å²) in [5, 5.41) is 2.87. The molecule has 0 atom stereocenters. The zero-order valence-corrected chi connectivity index (χ0v) is 13.0. The minimum absolute atomic E-state index is 0.120. The number of carbonyl (C=O) groups excluding carboxylic acids is 1. The van der Waals surface area contributed by atoms with Crippen LogP contribution in [-0.4, -0.2) is 23.9 Å². The number of carbonyl (C=O) groups is 1. The standard InChI is InChI=1S/C18H26N2O/c1-3-18(21)19-13-15-9-7-8-10-16(15)14-20(2)17-11-5-4-6-12-17/h3,7-10,17H,1,4-6,11-14H2,2H3,(H,19,21). The van der Waals surface area contributed by atoms with Gasteiger partial charge in [-0.1, -0.05) is 50.1 Å². The average Bonchev–Trinajstić information content (AvgIpc) is 2.54. The van der Waals surface area contributed by atoms with Crippen molar-refractivity contribution in [3.05, 3.63) is 48.0 Å². The molecule has 0 unspecified atom stereocenters. The highest BCUT2D eigenvalue weighted by atomic mass is 16.1. The number of amides is 1. The number of nitrogens with one attached hydrogen (secondary N) is 1. The first-order chi connectivity index (χ1) is 10.2. The van der Waals surface area contributed by atoms with Crippen molar-refractivity contribution in [1.82, 2.24) is 10.2 Å². The molecule has 0 heterocycles. The van der Waals surface area contributed by atoms with E-state index in [0.717, 1.165) is 6.54 Å². The third-order valence-corrected chi connectivity index (χ3v) is 4.37. The molecule has 0 aromatic heterocycles. The molecule has 21 heavy (non-hydrogen) atoms. The van der Waals surface area contributed by atoms with Crippen molar-refractivity contribution in [1.29, 1.82) is 0 Å². The summed E-state index contributed by atoms with van der Waals surface area (Å²) in [5.41, 5.74) is 2.49. The molecule has 1 aromatic rings. The number of rotatable bonds is 6. The molecule has 1 N–H and O–H groups in total. The topological polar surface area (TPSA) is 32.3 Å². The van der Waals surface area contributed by atoms with E-state index in [1.54, 1.807) is 0 Å². The Morgan fingerprint density at radius 3 is 2.62 bits per heavy atom. The van der Waals surface area contributed by atoms with E-state index in [4.69, 9.17) is 0 Å². The fraction of sp³-hybridized carbons (Fsp3) is 0.500. The molecular weight excluding hydrogens is 260 g/mol. The van der Waals surface area contributed by atoms with E-state index < -0.39 is 0 Å². The maximum atomic E-state index is 11.3. The van der Waals surface area contributed by atoms with Crippen LogP contribution >= 0.6 is 0 Å². The van der Waals surface area contributed by atoms with Crippen molar-refractivity contribution >= 4 is 5.91 Å². The van der Waals surface area contributed by atoms with Gasteiger partial charge in [0.15, 0.2) is 0 Å². The molecule has 1 aliphatic carbocycles. The lowest BCUT2D eigenvalue weighted by Gasteiger charge is -2.31. The third-order valence-electron chi connectivity index (χ3n) is 4.37. The van der Waals surface area contributed by atoms with Crippen LogP contribution in [0.3, 0.4) is 0 Å². The highest BCUT2D eigenvalue weighted by molar-refractivity contribution is 5.86. The molecule has 1 amide bonds. The smallest absolute Gasteiger partial charge is 0.243 e. The molecule has 3 nitrogen and oxygen atoms in total. The van der Waals surface area contributed by atoms with Gasteiger partial charge in [-0.3, -0.25) is 9.69 Å². The Hall–Kier alpha value is -1.61. The highest BCUT2D eigenvalue weighted by Gasteiger charge is 2.18. The van der Waals surface area contributed by atoms with Crippen molar-refractivity contribution in [3.8, 4) is 0 Å². The van der Waals surface area contributed by atoms with E-state index in [2.05, 4.69) is 42.0 Å². The fourth-order valence-electron chi connectivity index (χ4n) is 3.06. The van der Waals surface area contributed by atoms with Gasteiger partial charge >= 0.3 is 0 Å². The minimum Gasteiger partial charge on any atom is -0.348 e. The quantitative estimate of drug-likeness (QED) is 0.814. The molecule has 2 rings (SSSR count). The van der Waals surface area contributed by atoms with Crippen molar-refractivity contribution in [2.45, 2.75) is 51.2 Å². The lowest BCUT2D eigenvalue weighted by Crippen LogP contribution is -2.33. The second-order valence-electron chi connectivity index (χ2n) is 5.90. The summed E-state index contributed by atoms with van der Waals surface area (Å²) in [6, 6.07) is 9.06. The van der Waals surface area contributed by atoms with Crippen LogP contribution in [-0.2, 0) is 17.9 Å². The highest BCUT2D eigenvalue weighted by Crippen LogP contribution is 2.23. The fourth-order valence-corrected chi connectivity index (χ4v) is 3.06. The molecule has 0 radical (unpaired) electrons. The summed E-state index contributed by atoms with van der Waals surface area (Å²) in [4.78, 5) is 13.8. The molecule has 1 aliphatic rings. The van der Waals surface area contributed by atoms with Crippen LogP contribution in [0.15, 0.2) is 36.9 Å². The maximum absolute atomic E-state index is 11.3. The normalized spacial score (nSPS) is 15.9. The number of hydrogen-bond donors (Lipinski definition) is 1. The van der Waals surface area contributed by atoms with Gasteiger partial charge in [-0.2, -0.15) is 0 Å². The minimum atomic E-state index is -0.120. The Morgan fingerprint density at radius 2 is 1.95 bits per heavy atom. The van der Waals surface area contributed by atoms with Crippen molar-refractivity contribution in [2.24, 2.45) is 0 Å². The van der Waals surface area contributed by atoms with E-state index in [9.17, 15) is 4.79 Å². The second kappa shape index (κ2) is 7.99. The van der Waals surface area contributed by atoms with Crippen LogP contribution in [0.4, 0.5) is 0 Å². The van der Waals surface area contributed by atoms with Crippen LogP contribution in [0.1, 0.15) is 43.2 Å².